The van der Waals surface area contributed by atoms with Crippen molar-refractivity contribution in [2.75, 3.05) is 0 Å². The van der Waals surface area contributed by atoms with Gasteiger partial charge in [-0.05, 0) is 37.7 Å². The van der Waals surface area contributed by atoms with Crippen molar-refractivity contribution in [1.82, 2.24) is 4.57 Å². The zero-order valence-corrected chi connectivity index (χ0v) is 14.1. The van der Waals surface area contributed by atoms with E-state index >= 15 is 0 Å². The minimum Gasteiger partial charge on any atom is -0.494 e. The number of unbranched alkanes of at least 4 members (excludes halogenated alkanes) is 2. The molecule has 1 N–H and O–H groups in total. The van der Waals surface area contributed by atoms with Crippen LogP contribution in [-0.4, -0.2) is 9.67 Å². The van der Waals surface area contributed by atoms with Gasteiger partial charge < -0.3 is 5.11 Å². The lowest BCUT2D eigenvalue weighted by Gasteiger charge is -2.19. The maximum atomic E-state index is 12.2. The summed E-state index contributed by atoms with van der Waals surface area (Å²) in [6.45, 7) is 9.05. The van der Waals surface area contributed by atoms with Crippen molar-refractivity contribution in [3.63, 3.8) is 0 Å². The molecule has 0 saturated heterocycles. The zero-order chi connectivity index (χ0) is 15.8. The van der Waals surface area contributed by atoms with Crippen LogP contribution in [0.4, 0.5) is 0 Å². The van der Waals surface area contributed by atoms with Crippen LogP contribution in [0, 0.1) is 12.8 Å². The minimum atomic E-state index is -0.0693. The van der Waals surface area contributed by atoms with Crippen molar-refractivity contribution in [2.45, 2.75) is 79.2 Å². The normalized spacial score (nSPS) is 12.6. The summed E-state index contributed by atoms with van der Waals surface area (Å²) in [6, 6.07) is 1.68. The number of nitrogens with zero attached hydrogens (tertiary/aromatic N) is 1. The van der Waals surface area contributed by atoms with Gasteiger partial charge in [-0.25, -0.2) is 0 Å². The lowest BCUT2D eigenvalue weighted by atomic mass is 9.98. The Morgan fingerprint density at radius 2 is 1.86 bits per heavy atom. The van der Waals surface area contributed by atoms with Crippen LogP contribution in [0.3, 0.4) is 0 Å². The second-order valence-electron chi connectivity index (χ2n) is 6.10. The standard InChI is InChI=1S/C18H31NO2/c1-5-8-10-15(7-3)13-19-17(20)12-14(4)16(18(19)21)11-9-6-2/h12,15,21H,5-11,13H2,1-4H3. The highest BCUT2D eigenvalue weighted by Crippen LogP contribution is 2.23. The number of hydrogen-bond donors (Lipinski definition) is 1. The molecular formula is C18H31NO2. The molecule has 0 aliphatic heterocycles. The van der Waals surface area contributed by atoms with Gasteiger partial charge in [0.2, 0.25) is 0 Å². The molecule has 1 unspecified atom stereocenters. The Morgan fingerprint density at radius 1 is 1.19 bits per heavy atom. The highest BCUT2D eigenvalue weighted by molar-refractivity contribution is 5.34. The average molecular weight is 293 g/mol. The van der Waals surface area contributed by atoms with Crippen LogP contribution < -0.4 is 5.56 Å². The van der Waals surface area contributed by atoms with Gasteiger partial charge in [0.25, 0.3) is 5.56 Å². The van der Waals surface area contributed by atoms with E-state index in [2.05, 4.69) is 20.8 Å². The lowest BCUT2D eigenvalue weighted by Crippen LogP contribution is -2.25. The van der Waals surface area contributed by atoms with Gasteiger partial charge in [0.1, 0.15) is 0 Å². The van der Waals surface area contributed by atoms with E-state index in [4.69, 9.17) is 0 Å². The van der Waals surface area contributed by atoms with E-state index in [0.29, 0.717) is 12.5 Å². The van der Waals surface area contributed by atoms with Gasteiger partial charge in [0.15, 0.2) is 5.88 Å². The SMILES string of the molecule is CCCCc1c(C)cc(=O)n(CC(CC)CCCC)c1O. The average Bonchev–Trinajstić information content (AvgIpc) is 2.46. The number of aryl methyl sites for hydroxylation is 1. The van der Waals surface area contributed by atoms with Crippen molar-refractivity contribution < 1.29 is 5.11 Å². The summed E-state index contributed by atoms with van der Waals surface area (Å²) in [5.41, 5.74) is 1.80. The third kappa shape index (κ3) is 4.90. The molecule has 1 heterocycles. The largest absolute Gasteiger partial charge is 0.494 e. The first-order valence-corrected chi connectivity index (χ1v) is 8.47. The van der Waals surface area contributed by atoms with Crippen molar-refractivity contribution in [2.24, 2.45) is 5.92 Å². The first-order valence-electron chi connectivity index (χ1n) is 8.47. The first-order chi connectivity index (χ1) is 10.0. The second-order valence-corrected chi connectivity index (χ2v) is 6.10. The van der Waals surface area contributed by atoms with Gasteiger partial charge in [-0.2, -0.15) is 0 Å². The van der Waals surface area contributed by atoms with Gasteiger partial charge in [0.05, 0.1) is 0 Å². The van der Waals surface area contributed by atoms with Crippen LogP contribution in [0.5, 0.6) is 5.88 Å². The van der Waals surface area contributed by atoms with Gasteiger partial charge in [-0.1, -0.05) is 46.5 Å². The van der Waals surface area contributed by atoms with E-state index in [1.165, 1.54) is 12.8 Å². The highest BCUT2D eigenvalue weighted by atomic mass is 16.3. The molecule has 1 atom stereocenters. The Balaban J connectivity index is 3.02. The smallest absolute Gasteiger partial charge is 0.253 e. The number of aromatic hydroxyl groups is 1. The summed E-state index contributed by atoms with van der Waals surface area (Å²) >= 11 is 0. The van der Waals surface area contributed by atoms with E-state index < -0.39 is 0 Å². The maximum Gasteiger partial charge on any atom is 0.253 e. The van der Waals surface area contributed by atoms with Crippen LogP contribution in [-0.2, 0) is 13.0 Å². The molecule has 0 aliphatic rings. The molecule has 3 heteroatoms. The highest BCUT2D eigenvalue weighted by Gasteiger charge is 2.15. The Labute approximate surface area is 129 Å². The van der Waals surface area contributed by atoms with E-state index in [9.17, 15) is 9.90 Å². The second kappa shape index (κ2) is 8.91. The van der Waals surface area contributed by atoms with Crippen molar-refractivity contribution in [1.29, 1.82) is 0 Å². The van der Waals surface area contributed by atoms with Gasteiger partial charge in [0, 0.05) is 18.2 Å². The molecule has 0 amide bonds. The topological polar surface area (TPSA) is 42.2 Å². The molecule has 0 saturated carbocycles. The Bertz CT molecular complexity index is 491. The molecule has 120 valence electrons. The summed E-state index contributed by atoms with van der Waals surface area (Å²) in [6.07, 6.45) is 7.50. The molecule has 1 rings (SSSR count). The van der Waals surface area contributed by atoms with E-state index in [0.717, 1.165) is 43.2 Å². The molecule has 3 nitrogen and oxygen atoms in total. The van der Waals surface area contributed by atoms with Crippen molar-refractivity contribution in [3.8, 4) is 5.88 Å². The fourth-order valence-electron chi connectivity index (χ4n) is 2.81. The number of aromatic nitrogens is 1. The van der Waals surface area contributed by atoms with Gasteiger partial charge in [-0.3, -0.25) is 9.36 Å². The molecular weight excluding hydrogens is 262 g/mol. The molecule has 1 aromatic rings. The fourth-order valence-corrected chi connectivity index (χ4v) is 2.81. The monoisotopic (exact) mass is 293 g/mol. The van der Waals surface area contributed by atoms with Gasteiger partial charge in [-0.15, -0.1) is 0 Å². The molecule has 0 aliphatic carbocycles. The van der Waals surface area contributed by atoms with Gasteiger partial charge >= 0.3 is 0 Å². The maximum absolute atomic E-state index is 12.2. The van der Waals surface area contributed by atoms with Crippen molar-refractivity contribution >= 4 is 0 Å². The first kappa shape index (κ1) is 17.8. The van der Waals surface area contributed by atoms with E-state index in [1.807, 2.05) is 6.92 Å². The Morgan fingerprint density at radius 3 is 2.43 bits per heavy atom. The predicted molar refractivity (Wildman–Crippen MR) is 89.0 cm³/mol. The van der Waals surface area contributed by atoms with Crippen LogP contribution in [0.1, 0.15) is 70.4 Å². The van der Waals surface area contributed by atoms with E-state index in [1.54, 1.807) is 10.6 Å². The van der Waals surface area contributed by atoms with Crippen LogP contribution >= 0.6 is 0 Å². The Kier molecular flexibility index (Phi) is 7.55. The molecule has 21 heavy (non-hydrogen) atoms. The number of hydrogen-bond acceptors (Lipinski definition) is 2. The minimum absolute atomic E-state index is 0.0693. The van der Waals surface area contributed by atoms with Crippen LogP contribution in [0.2, 0.25) is 0 Å². The molecule has 0 radical (unpaired) electrons. The summed E-state index contributed by atoms with van der Waals surface area (Å²) in [5, 5.41) is 10.5. The summed E-state index contributed by atoms with van der Waals surface area (Å²) in [7, 11) is 0. The van der Waals surface area contributed by atoms with Crippen LogP contribution in [0.25, 0.3) is 0 Å². The zero-order valence-electron chi connectivity index (χ0n) is 14.1. The van der Waals surface area contributed by atoms with Crippen molar-refractivity contribution in [3.05, 3.63) is 27.5 Å². The third-order valence-electron chi connectivity index (χ3n) is 4.37. The molecule has 0 bridgehead atoms. The number of rotatable bonds is 9. The quantitative estimate of drug-likeness (QED) is 0.732. The molecule has 0 fully saturated rings. The fraction of sp³-hybridized carbons (Fsp3) is 0.722. The lowest BCUT2D eigenvalue weighted by molar-refractivity contribution is 0.336. The summed E-state index contributed by atoms with van der Waals surface area (Å²) < 4.78 is 1.59. The summed E-state index contributed by atoms with van der Waals surface area (Å²) in [4.78, 5) is 12.2. The predicted octanol–water partition coefficient (Wildman–Crippen LogP) is 4.42. The number of pyridine rings is 1. The van der Waals surface area contributed by atoms with Crippen LogP contribution in [0.15, 0.2) is 10.9 Å². The molecule has 0 spiro atoms. The summed E-state index contributed by atoms with van der Waals surface area (Å²) in [5.74, 6) is 0.665. The van der Waals surface area contributed by atoms with E-state index in [-0.39, 0.29) is 11.4 Å². The molecule has 1 aromatic heterocycles. The Hall–Kier alpha value is -1.25. The molecule has 0 aromatic carbocycles. The third-order valence-corrected chi connectivity index (χ3v) is 4.37.